The highest BCUT2D eigenvalue weighted by Gasteiger charge is 2.26. The summed E-state index contributed by atoms with van der Waals surface area (Å²) in [5, 5.41) is 12.0. The molecule has 32 heavy (non-hydrogen) atoms. The van der Waals surface area contributed by atoms with E-state index in [4.69, 9.17) is 10.00 Å². The summed E-state index contributed by atoms with van der Waals surface area (Å²) >= 11 is 1.60. The van der Waals surface area contributed by atoms with Gasteiger partial charge in [0.15, 0.2) is 0 Å². The lowest BCUT2D eigenvalue weighted by Gasteiger charge is -2.20. The van der Waals surface area contributed by atoms with E-state index in [1.807, 2.05) is 32.0 Å². The van der Waals surface area contributed by atoms with E-state index >= 15 is 0 Å². The van der Waals surface area contributed by atoms with Gasteiger partial charge in [-0.25, -0.2) is 8.42 Å². The van der Waals surface area contributed by atoms with Crippen molar-refractivity contribution in [2.75, 3.05) is 19.4 Å². The Morgan fingerprint density at radius 3 is 2.47 bits per heavy atom. The summed E-state index contributed by atoms with van der Waals surface area (Å²) in [4.78, 5) is 12.8. The minimum absolute atomic E-state index is 0.0755. The number of nitriles is 1. The van der Waals surface area contributed by atoms with Gasteiger partial charge in [0.05, 0.1) is 23.6 Å². The van der Waals surface area contributed by atoms with E-state index in [0.717, 1.165) is 5.56 Å². The number of hydrogen-bond acceptors (Lipinski definition) is 6. The first-order valence-corrected chi connectivity index (χ1v) is 12.9. The summed E-state index contributed by atoms with van der Waals surface area (Å²) in [6.07, 6.45) is 0.379. The van der Waals surface area contributed by atoms with Crippen molar-refractivity contribution in [2.45, 2.75) is 37.0 Å². The minimum atomic E-state index is -3.86. The number of nitrogens with one attached hydrogen (secondary N) is 2. The Balaban J connectivity index is 1.92. The molecule has 0 heterocycles. The summed E-state index contributed by atoms with van der Waals surface area (Å²) < 4.78 is 33.1. The molecule has 0 saturated heterocycles. The zero-order valence-corrected chi connectivity index (χ0v) is 20.1. The molecule has 2 N–H and O–H groups in total. The van der Waals surface area contributed by atoms with Gasteiger partial charge in [0.2, 0.25) is 15.9 Å². The van der Waals surface area contributed by atoms with Crippen LogP contribution in [0.5, 0.6) is 5.75 Å². The van der Waals surface area contributed by atoms with Crippen molar-refractivity contribution >= 4 is 27.7 Å². The van der Waals surface area contributed by atoms with Crippen LogP contribution in [0.15, 0.2) is 53.4 Å². The molecule has 2 aromatic rings. The smallest absolute Gasteiger partial charge is 0.241 e. The van der Waals surface area contributed by atoms with Crippen LogP contribution < -0.4 is 14.8 Å². The van der Waals surface area contributed by atoms with Crippen molar-refractivity contribution < 1.29 is 17.9 Å². The average molecular weight is 476 g/mol. The van der Waals surface area contributed by atoms with Gasteiger partial charge < -0.3 is 10.1 Å². The van der Waals surface area contributed by atoms with Crippen molar-refractivity contribution in [2.24, 2.45) is 5.92 Å². The van der Waals surface area contributed by atoms with Crippen LogP contribution in [0.25, 0.3) is 0 Å². The molecule has 0 saturated carbocycles. The second-order valence-corrected chi connectivity index (χ2v) is 10.4. The van der Waals surface area contributed by atoms with E-state index in [1.165, 1.54) is 19.2 Å². The second-order valence-electron chi connectivity index (χ2n) is 7.59. The standard InChI is InChI=1S/C23H29N3O4S2/c1-17(2)14-22(26-32(28,29)21-10-8-20(30-3)9-11-21)23(27)25-12-13-31-16-19-7-5-4-6-18(19)15-24/h4-11,17,22,26H,12-14,16H2,1-3H3,(H,25,27). The number of hydrogen-bond donors (Lipinski definition) is 2. The number of nitrogens with zero attached hydrogens (tertiary/aromatic N) is 1. The first kappa shape index (κ1) is 25.7. The van der Waals surface area contributed by atoms with Crippen LogP contribution in [-0.2, 0) is 20.6 Å². The third kappa shape index (κ3) is 7.86. The zero-order chi connectivity index (χ0) is 23.6. The predicted molar refractivity (Wildman–Crippen MR) is 127 cm³/mol. The van der Waals surface area contributed by atoms with Gasteiger partial charge in [0.25, 0.3) is 0 Å². The van der Waals surface area contributed by atoms with Crippen LogP contribution >= 0.6 is 11.8 Å². The van der Waals surface area contributed by atoms with Crippen LogP contribution in [0.3, 0.4) is 0 Å². The molecule has 0 aliphatic heterocycles. The largest absolute Gasteiger partial charge is 0.497 e. The average Bonchev–Trinajstić information content (AvgIpc) is 2.78. The predicted octanol–water partition coefficient (Wildman–Crippen LogP) is 3.31. The van der Waals surface area contributed by atoms with Crippen LogP contribution in [0.4, 0.5) is 0 Å². The molecule has 0 bridgehead atoms. The number of ether oxygens (including phenoxy) is 1. The number of methoxy groups -OCH3 is 1. The highest BCUT2D eigenvalue weighted by atomic mass is 32.2. The first-order chi connectivity index (χ1) is 15.3. The van der Waals surface area contributed by atoms with Gasteiger partial charge in [-0.2, -0.15) is 21.7 Å². The number of thioether (sulfide) groups is 1. The van der Waals surface area contributed by atoms with E-state index in [0.29, 0.717) is 35.8 Å². The van der Waals surface area contributed by atoms with Crippen molar-refractivity contribution in [3.8, 4) is 11.8 Å². The lowest BCUT2D eigenvalue weighted by atomic mass is 10.0. The van der Waals surface area contributed by atoms with Crippen molar-refractivity contribution in [1.29, 1.82) is 5.26 Å². The molecule has 0 spiro atoms. The monoisotopic (exact) mass is 475 g/mol. The number of carbonyl (C=O) groups excluding carboxylic acids is 1. The van der Waals surface area contributed by atoms with Crippen molar-refractivity contribution in [3.63, 3.8) is 0 Å². The molecule has 9 heteroatoms. The fourth-order valence-electron chi connectivity index (χ4n) is 3.00. The van der Waals surface area contributed by atoms with Crippen molar-refractivity contribution in [3.05, 3.63) is 59.7 Å². The normalized spacial score (nSPS) is 12.2. The van der Waals surface area contributed by atoms with E-state index in [1.54, 1.807) is 30.0 Å². The third-order valence-electron chi connectivity index (χ3n) is 4.63. The molecule has 1 atom stereocenters. The number of rotatable bonds is 12. The van der Waals surface area contributed by atoms with Gasteiger partial charge in [-0.05, 0) is 48.2 Å². The van der Waals surface area contributed by atoms with Crippen LogP contribution in [0, 0.1) is 17.2 Å². The highest BCUT2D eigenvalue weighted by molar-refractivity contribution is 7.98. The fourth-order valence-corrected chi connectivity index (χ4v) is 5.07. The van der Waals surface area contributed by atoms with Gasteiger partial charge >= 0.3 is 0 Å². The van der Waals surface area contributed by atoms with E-state index in [-0.39, 0.29) is 16.7 Å². The van der Waals surface area contributed by atoms with E-state index < -0.39 is 16.1 Å². The molecular weight excluding hydrogens is 446 g/mol. The number of carbonyl (C=O) groups is 1. The highest BCUT2D eigenvalue weighted by Crippen LogP contribution is 2.18. The van der Waals surface area contributed by atoms with Crippen LogP contribution in [0.2, 0.25) is 0 Å². The number of sulfonamides is 1. The number of amides is 1. The molecule has 1 amide bonds. The van der Waals surface area contributed by atoms with Gasteiger partial charge in [-0.15, -0.1) is 0 Å². The molecule has 0 aliphatic carbocycles. The molecule has 0 aromatic heterocycles. The Bertz CT molecular complexity index is 1030. The van der Waals surface area contributed by atoms with Gasteiger partial charge in [0.1, 0.15) is 11.8 Å². The maximum absolute atomic E-state index is 12.8. The summed E-state index contributed by atoms with van der Waals surface area (Å²) in [6, 6.07) is 14.7. The Morgan fingerprint density at radius 1 is 1.16 bits per heavy atom. The minimum Gasteiger partial charge on any atom is -0.497 e. The molecule has 0 fully saturated rings. The maximum Gasteiger partial charge on any atom is 0.241 e. The molecule has 172 valence electrons. The quantitative estimate of drug-likeness (QED) is 0.456. The third-order valence-corrected chi connectivity index (χ3v) is 7.13. The van der Waals surface area contributed by atoms with Crippen LogP contribution in [0.1, 0.15) is 31.4 Å². The lowest BCUT2D eigenvalue weighted by Crippen LogP contribution is -2.47. The summed E-state index contributed by atoms with van der Waals surface area (Å²) in [7, 11) is -2.35. The Labute approximate surface area is 194 Å². The molecular formula is C23H29N3O4S2. The molecule has 2 aromatic carbocycles. The SMILES string of the molecule is COc1ccc(S(=O)(=O)NC(CC(C)C)C(=O)NCCSCc2ccccc2C#N)cc1. The van der Waals surface area contributed by atoms with Gasteiger partial charge in [0, 0.05) is 18.1 Å². The van der Waals surface area contributed by atoms with Gasteiger partial charge in [-0.3, -0.25) is 4.79 Å². The zero-order valence-electron chi connectivity index (χ0n) is 18.5. The molecule has 0 aliphatic rings. The molecule has 7 nitrogen and oxygen atoms in total. The van der Waals surface area contributed by atoms with Crippen molar-refractivity contribution in [1.82, 2.24) is 10.0 Å². The first-order valence-electron chi connectivity index (χ1n) is 10.3. The molecule has 1 unspecified atom stereocenters. The van der Waals surface area contributed by atoms with E-state index in [9.17, 15) is 13.2 Å². The fraction of sp³-hybridized carbons (Fsp3) is 0.391. The summed E-state index contributed by atoms with van der Waals surface area (Å²) in [5.41, 5.74) is 1.60. The van der Waals surface area contributed by atoms with Gasteiger partial charge in [-0.1, -0.05) is 32.0 Å². The second kappa shape index (κ2) is 12.5. The maximum atomic E-state index is 12.8. The topological polar surface area (TPSA) is 108 Å². The summed E-state index contributed by atoms with van der Waals surface area (Å²) in [6.45, 7) is 4.27. The Morgan fingerprint density at radius 2 is 1.84 bits per heavy atom. The molecule has 0 radical (unpaired) electrons. The Hall–Kier alpha value is -2.54. The Kier molecular flexibility index (Phi) is 10.0. The summed E-state index contributed by atoms with van der Waals surface area (Å²) in [5.74, 6) is 1.63. The molecule has 2 rings (SSSR count). The lowest BCUT2D eigenvalue weighted by molar-refractivity contribution is -0.122. The number of benzene rings is 2. The van der Waals surface area contributed by atoms with E-state index in [2.05, 4.69) is 16.1 Å². The van der Waals surface area contributed by atoms with Crippen LogP contribution in [-0.4, -0.2) is 39.8 Å².